The van der Waals surface area contributed by atoms with Crippen LogP contribution in [0.15, 0.2) is 48.5 Å². The van der Waals surface area contributed by atoms with Crippen molar-refractivity contribution in [1.29, 1.82) is 0 Å². The van der Waals surface area contributed by atoms with Crippen molar-refractivity contribution in [2.45, 2.75) is 58.8 Å². The second-order valence-corrected chi connectivity index (χ2v) is 10.4. The van der Waals surface area contributed by atoms with Crippen LogP contribution >= 0.6 is 11.6 Å². The maximum absolute atomic E-state index is 13.2. The highest BCUT2D eigenvalue weighted by Gasteiger charge is 2.31. The van der Waals surface area contributed by atoms with Gasteiger partial charge in [-0.15, -0.1) is 0 Å². The minimum Gasteiger partial charge on any atom is -0.444 e. The fraction of sp³-hybridized carbons (Fsp3) is 0.407. The molecule has 0 bridgehead atoms. The van der Waals surface area contributed by atoms with Crippen molar-refractivity contribution in [3.05, 3.63) is 70.5 Å². The van der Waals surface area contributed by atoms with Gasteiger partial charge in [0.25, 0.3) is 0 Å². The van der Waals surface area contributed by atoms with Crippen LogP contribution < -0.4 is 5.32 Å². The normalized spacial score (nSPS) is 19.1. The van der Waals surface area contributed by atoms with E-state index in [1.54, 1.807) is 57.2 Å². The van der Waals surface area contributed by atoms with Gasteiger partial charge in [-0.25, -0.2) is 9.18 Å². The highest BCUT2D eigenvalue weighted by molar-refractivity contribution is 6.31. The zero-order chi connectivity index (χ0) is 25.8. The van der Waals surface area contributed by atoms with E-state index >= 15 is 0 Å². The third kappa shape index (κ3) is 7.80. The Bertz CT molecular complexity index is 1080. The van der Waals surface area contributed by atoms with Gasteiger partial charge in [0.05, 0.1) is 5.69 Å². The lowest BCUT2D eigenvalue weighted by molar-refractivity contribution is -0.131. The molecule has 0 saturated carbocycles. The molecular weight excluding hydrogens is 469 g/mol. The van der Waals surface area contributed by atoms with E-state index in [1.165, 1.54) is 18.2 Å². The van der Waals surface area contributed by atoms with Gasteiger partial charge in [-0.3, -0.25) is 15.0 Å². The lowest BCUT2D eigenvalue weighted by Gasteiger charge is -2.44. The Hall–Kier alpha value is -2.90. The molecule has 1 heterocycles. The van der Waals surface area contributed by atoms with Gasteiger partial charge in [-0.2, -0.15) is 0 Å². The zero-order valence-corrected chi connectivity index (χ0v) is 21.6. The average Bonchev–Trinajstić information content (AvgIpc) is 2.75. The molecular formula is C27H33ClFN3O3. The van der Waals surface area contributed by atoms with Crippen LogP contribution in [0.4, 0.5) is 14.9 Å². The predicted octanol–water partition coefficient (Wildman–Crippen LogP) is 5.96. The molecule has 0 radical (unpaired) electrons. The van der Waals surface area contributed by atoms with Gasteiger partial charge in [0.1, 0.15) is 11.4 Å². The van der Waals surface area contributed by atoms with Crippen LogP contribution in [0.2, 0.25) is 5.02 Å². The first-order valence-corrected chi connectivity index (χ1v) is 12.1. The number of piperazine rings is 1. The van der Waals surface area contributed by atoms with Crippen molar-refractivity contribution in [3.63, 3.8) is 0 Å². The number of hydrogen-bond acceptors (Lipinski definition) is 4. The summed E-state index contributed by atoms with van der Waals surface area (Å²) < 4.78 is 18.5. The summed E-state index contributed by atoms with van der Waals surface area (Å²) in [5, 5.41) is 3.17. The van der Waals surface area contributed by atoms with Crippen LogP contribution in [-0.2, 0) is 16.1 Å². The molecule has 2 amide bonds. The maximum Gasteiger partial charge on any atom is 0.412 e. The quantitative estimate of drug-likeness (QED) is 0.513. The summed E-state index contributed by atoms with van der Waals surface area (Å²) in [4.78, 5) is 29.4. The van der Waals surface area contributed by atoms with Crippen LogP contribution in [0.25, 0.3) is 6.08 Å². The Morgan fingerprint density at radius 3 is 2.46 bits per heavy atom. The van der Waals surface area contributed by atoms with E-state index in [-0.39, 0.29) is 23.8 Å². The summed E-state index contributed by atoms with van der Waals surface area (Å²) in [7, 11) is 0. The van der Waals surface area contributed by atoms with E-state index in [9.17, 15) is 14.0 Å². The lowest BCUT2D eigenvalue weighted by atomic mass is 10.1. The van der Waals surface area contributed by atoms with E-state index in [2.05, 4.69) is 17.1 Å². The van der Waals surface area contributed by atoms with Crippen LogP contribution in [-0.4, -0.2) is 52.6 Å². The van der Waals surface area contributed by atoms with Gasteiger partial charge < -0.3 is 9.64 Å². The summed E-state index contributed by atoms with van der Waals surface area (Å²) >= 11 is 6.12. The number of halogens is 2. The topological polar surface area (TPSA) is 61.9 Å². The van der Waals surface area contributed by atoms with Gasteiger partial charge in [0, 0.05) is 42.8 Å². The third-order valence-electron chi connectivity index (χ3n) is 5.75. The number of nitrogens with zero attached hydrogens (tertiary/aromatic N) is 2. The molecule has 1 aliphatic heterocycles. The monoisotopic (exact) mass is 501 g/mol. The number of amides is 2. The second kappa shape index (κ2) is 11.2. The molecule has 3 rings (SSSR count). The van der Waals surface area contributed by atoms with Crippen LogP contribution in [0.5, 0.6) is 0 Å². The first kappa shape index (κ1) is 26.7. The van der Waals surface area contributed by atoms with E-state index in [4.69, 9.17) is 16.3 Å². The van der Waals surface area contributed by atoms with E-state index < -0.39 is 11.7 Å². The molecule has 35 heavy (non-hydrogen) atoms. The number of carbonyl (C=O) groups excluding carboxylic acids is 2. The summed E-state index contributed by atoms with van der Waals surface area (Å²) in [6, 6.07) is 11.7. The lowest BCUT2D eigenvalue weighted by Crippen LogP contribution is -2.57. The van der Waals surface area contributed by atoms with E-state index in [1.807, 2.05) is 11.8 Å². The molecule has 6 nitrogen and oxygen atoms in total. The molecule has 2 atom stereocenters. The van der Waals surface area contributed by atoms with Crippen molar-refractivity contribution in [1.82, 2.24) is 9.80 Å². The van der Waals surface area contributed by atoms with Crippen molar-refractivity contribution in [3.8, 4) is 0 Å². The Kier molecular flexibility index (Phi) is 8.56. The maximum atomic E-state index is 13.2. The minimum absolute atomic E-state index is 0.00775. The van der Waals surface area contributed by atoms with Gasteiger partial charge in [0.2, 0.25) is 5.91 Å². The molecule has 2 aromatic carbocycles. The summed E-state index contributed by atoms with van der Waals surface area (Å²) in [6.45, 7) is 11.4. The Labute approximate surface area is 211 Å². The number of anilines is 1. The van der Waals surface area contributed by atoms with E-state index in [0.29, 0.717) is 35.9 Å². The molecule has 0 spiro atoms. The number of benzene rings is 2. The van der Waals surface area contributed by atoms with E-state index in [0.717, 1.165) is 5.56 Å². The van der Waals surface area contributed by atoms with Crippen molar-refractivity contribution >= 4 is 35.4 Å². The molecule has 188 valence electrons. The molecule has 8 heteroatoms. The van der Waals surface area contributed by atoms with Crippen molar-refractivity contribution < 1.29 is 18.7 Å². The Balaban J connectivity index is 1.66. The van der Waals surface area contributed by atoms with Crippen molar-refractivity contribution in [2.24, 2.45) is 0 Å². The Morgan fingerprint density at radius 2 is 1.80 bits per heavy atom. The number of ether oxygens (including phenoxy) is 1. The molecule has 1 saturated heterocycles. The molecule has 0 aliphatic carbocycles. The van der Waals surface area contributed by atoms with Crippen LogP contribution in [0.1, 0.15) is 45.7 Å². The third-order valence-corrected chi connectivity index (χ3v) is 5.99. The molecule has 1 aliphatic rings. The molecule has 1 N–H and O–H groups in total. The highest BCUT2D eigenvalue weighted by atomic mass is 35.5. The van der Waals surface area contributed by atoms with Gasteiger partial charge in [0.15, 0.2) is 0 Å². The molecule has 0 unspecified atom stereocenters. The van der Waals surface area contributed by atoms with Crippen molar-refractivity contribution in [2.75, 3.05) is 18.4 Å². The fourth-order valence-electron chi connectivity index (χ4n) is 4.00. The Morgan fingerprint density at radius 1 is 1.11 bits per heavy atom. The SMILES string of the molecule is C[C@@H]1CN(C(=O)C=Cc2ccc(Cl)cc2NC(=O)OC(C)(C)C)[C@@H](C)CN1Cc1ccc(F)cc1. The highest BCUT2D eigenvalue weighted by Crippen LogP contribution is 2.24. The van der Waals surface area contributed by atoms with Gasteiger partial charge in [-0.05, 0) is 76.1 Å². The number of carbonyl (C=O) groups is 2. The number of hydrogen-bond donors (Lipinski definition) is 1. The fourth-order valence-corrected chi connectivity index (χ4v) is 4.17. The van der Waals surface area contributed by atoms with Crippen LogP contribution in [0, 0.1) is 5.82 Å². The van der Waals surface area contributed by atoms with Crippen LogP contribution in [0.3, 0.4) is 0 Å². The summed E-state index contributed by atoms with van der Waals surface area (Å²) in [5.41, 5.74) is 1.50. The van der Waals surface area contributed by atoms with Gasteiger partial charge >= 0.3 is 6.09 Å². The first-order chi connectivity index (χ1) is 16.4. The zero-order valence-electron chi connectivity index (χ0n) is 20.8. The second-order valence-electron chi connectivity index (χ2n) is 9.94. The summed E-state index contributed by atoms with van der Waals surface area (Å²) in [5.74, 6) is -0.355. The smallest absolute Gasteiger partial charge is 0.412 e. The molecule has 0 aromatic heterocycles. The number of rotatable bonds is 5. The standard InChI is InChI=1S/C27H33ClFN3O3/c1-18-16-32(19(2)15-31(18)17-20-6-11-23(29)12-7-20)25(33)13-9-21-8-10-22(28)14-24(21)30-26(34)35-27(3,4)5/h6-14,18-19H,15-17H2,1-5H3,(H,30,34)/t18-,19+/m1/s1. The first-order valence-electron chi connectivity index (χ1n) is 11.7. The minimum atomic E-state index is -0.639. The van der Waals surface area contributed by atoms with Gasteiger partial charge in [-0.1, -0.05) is 29.8 Å². The largest absolute Gasteiger partial charge is 0.444 e. The molecule has 2 aromatic rings. The molecule has 1 fully saturated rings. The number of nitrogens with one attached hydrogen (secondary N) is 1. The average molecular weight is 502 g/mol. The predicted molar refractivity (Wildman–Crippen MR) is 138 cm³/mol. The summed E-state index contributed by atoms with van der Waals surface area (Å²) in [6.07, 6.45) is 2.59.